The van der Waals surface area contributed by atoms with E-state index in [9.17, 15) is 19.1 Å². The van der Waals surface area contributed by atoms with Crippen molar-refractivity contribution in [3.05, 3.63) is 53.8 Å². The first kappa shape index (κ1) is 21.1. The lowest BCUT2D eigenvalue weighted by atomic mass is 9.84. The molecule has 0 radical (unpaired) electrons. The molecule has 2 amide bonds. The minimum absolute atomic E-state index is 0.0869. The molecule has 0 saturated carbocycles. The Morgan fingerprint density at radius 1 is 1.16 bits per heavy atom. The van der Waals surface area contributed by atoms with Crippen molar-refractivity contribution in [3.63, 3.8) is 0 Å². The summed E-state index contributed by atoms with van der Waals surface area (Å²) in [5.74, 6) is -0.216. The minimum Gasteiger partial charge on any atom is -0.487 e. The van der Waals surface area contributed by atoms with Gasteiger partial charge >= 0.3 is 12.0 Å². The molecule has 3 N–H and O–H groups in total. The molecule has 0 spiro atoms. The van der Waals surface area contributed by atoms with Gasteiger partial charge < -0.3 is 30.0 Å². The van der Waals surface area contributed by atoms with E-state index in [1.807, 2.05) is 6.07 Å². The Labute approximate surface area is 178 Å². The van der Waals surface area contributed by atoms with Crippen LogP contribution in [0.15, 0.2) is 42.5 Å². The van der Waals surface area contributed by atoms with Crippen molar-refractivity contribution < 1.29 is 33.3 Å². The summed E-state index contributed by atoms with van der Waals surface area (Å²) >= 11 is 0. The third-order valence-electron chi connectivity index (χ3n) is 5.48. The predicted molar refractivity (Wildman–Crippen MR) is 110 cm³/mol. The number of amides is 2. The van der Waals surface area contributed by atoms with Gasteiger partial charge in [0.05, 0.1) is 26.2 Å². The molecule has 0 unspecified atom stereocenters. The van der Waals surface area contributed by atoms with Gasteiger partial charge in [-0.15, -0.1) is 0 Å². The Morgan fingerprint density at radius 3 is 2.58 bits per heavy atom. The van der Waals surface area contributed by atoms with Crippen molar-refractivity contribution in [1.82, 2.24) is 0 Å². The zero-order valence-corrected chi connectivity index (χ0v) is 16.8. The van der Waals surface area contributed by atoms with Crippen LogP contribution in [0.1, 0.15) is 24.3 Å². The standard InChI is InChI=1S/C22H23FN2O6/c1-29-20(27)10-15-9-17-16-8-14(6-7-18(16)31-21(17)19(11-26)30-15)25-22(28)24-13-4-2-12(23)3-5-13/h2-8,15,17,19,21,26H,9-11H2,1H3,(H2,24,25,28)/t15-,17+,19-,21-/m0/s1. The predicted octanol–water partition coefficient (Wildman–Crippen LogP) is 3.03. The Morgan fingerprint density at radius 2 is 1.87 bits per heavy atom. The second kappa shape index (κ2) is 8.91. The lowest BCUT2D eigenvalue weighted by Crippen LogP contribution is -2.46. The number of ether oxygens (including phenoxy) is 3. The molecule has 0 aliphatic carbocycles. The van der Waals surface area contributed by atoms with Gasteiger partial charge in [-0.1, -0.05) is 0 Å². The van der Waals surface area contributed by atoms with Crippen LogP contribution < -0.4 is 15.4 Å². The molecule has 2 aromatic rings. The number of esters is 1. The Hall–Kier alpha value is -3.17. The Bertz CT molecular complexity index is 967. The van der Waals surface area contributed by atoms with Gasteiger partial charge in [-0.05, 0) is 48.9 Å². The number of fused-ring (bicyclic) bond motifs is 3. The summed E-state index contributed by atoms with van der Waals surface area (Å²) in [6, 6.07) is 10.3. The van der Waals surface area contributed by atoms with Crippen LogP contribution in [0.25, 0.3) is 0 Å². The van der Waals surface area contributed by atoms with E-state index in [0.717, 1.165) is 5.56 Å². The largest absolute Gasteiger partial charge is 0.487 e. The second-order valence-corrected chi connectivity index (χ2v) is 7.52. The summed E-state index contributed by atoms with van der Waals surface area (Å²) in [4.78, 5) is 24.0. The zero-order chi connectivity index (χ0) is 22.0. The fraction of sp³-hybridized carbons (Fsp3) is 0.364. The molecule has 2 heterocycles. The molecule has 9 heteroatoms. The molecule has 8 nitrogen and oxygen atoms in total. The van der Waals surface area contributed by atoms with Crippen LogP contribution in [-0.4, -0.2) is 49.1 Å². The highest BCUT2D eigenvalue weighted by molar-refractivity contribution is 5.99. The van der Waals surface area contributed by atoms with Crippen molar-refractivity contribution in [2.75, 3.05) is 24.4 Å². The number of halogens is 1. The summed E-state index contributed by atoms with van der Waals surface area (Å²) in [5.41, 5.74) is 1.89. The van der Waals surface area contributed by atoms with Crippen molar-refractivity contribution >= 4 is 23.4 Å². The molecular formula is C22H23FN2O6. The number of carbonyl (C=O) groups is 2. The quantitative estimate of drug-likeness (QED) is 0.630. The third-order valence-corrected chi connectivity index (χ3v) is 5.48. The number of rotatable bonds is 5. The molecule has 0 aromatic heterocycles. The summed E-state index contributed by atoms with van der Waals surface area (Å²) in [5, 5.41) is 15.1. The second-order valence-electron chi connectivity index (χ2n) is 7.52. The molecule has 4 rings (SSSR count). The number of benzene rings is 2. The summed E-state index contributed by atoms with van der Waals surface area (Å²) in [6.07, 6.45) is -0.743. The van der Waals surface area contributed by atoms with E-state index in [1.54, 1.807) is 12.1 Å². The molecule has 164 valence electrons. The first-order chi connectivity index (χ1) is 15.0. The highest BCUT2D eigenvalue weighted by Crippen LogP contribution is 2.47. The molecular weight excluding hydrogens is 407 g/mol. The van der Waals surface area contributed by atoms with E-state index in [1.165, 1.54) is 31.4 Å². The average Bonchev–Trinajstić information content (AvgIpc) is 3.12. The fourth-order valence-electron chi connectivity index (χ4n) is 4.06. The van der Waals surface area contributed by atoms with Gasteiger partial charge in [0, 0.05) is 22.9 Å². The molecule has 31 heavy (non-hydrogen) atoms. The van der Waals surface area contributed by atoms with Crippen LogP contribution in [0.5, 0.6) is 5.75 Å². The van der Waals surface area contributed by atoms with E-state index >= 15 is 0 Å². The van der Waals surface area contributed by atoms with Crippen molar-refractivity contribution in [1.29, 1.82) is 0 Å². The number of carbonyl (C=O) groups excluding carboxylic acids is 2. The molecule has 2 aliphatic rings. The van der Waals surface area contributed by atoms with Gasteiger partial charge in [-0.2, -0.15) is 0 Å². The number of methoxy groups -OCH3 is 1. The van der Waals surface area contributed by atoms with Gasteiger partial charge in [-0.3, -0.25) is 4.79 Å². The first-order valence-electron chi connectivity index (χ1n) is 9.94. The molecule has 1 saturated heterocycles. The number of nitrogens with one attached hydrogen (secondary N) is 2. The SMILES string of the molecule is COC(=O)C[C@@H]1C[C@@H]2c3cc(NC(=O)Nc4ccc(F)cc4)ccc3O[C@@H]2[C@H](CO)O1. The zero-order valence-electron chi connectivity index (χ0n) is 16.8. The van der Waals surface area contributed by atoms with E-state index in [0.29, 0.717) is 23.5 Å². The molecule has 2 aromatic carbocycles. The number of aliphatic hydroxyl groups excluding tert-OH is 1. The number of hydrogen-bond donors (Lipinski definition) is 3. The van der Waals surface area contributed by atoms with Crippen LogP contribution >= 0.6 is 0 Å². The van der Waals surface area contributed by atoms with Gasteiger partial charge in [0.2, 0.25) is 0 Å². The number of urea groups is 1. The van der Waals surface area contributed by atoms with Crippen molar-refractivity contribution in [2.24, 2.45) is 0 Å². The number of anilines is 2. The van der Waals surface area contributed by atoms with Crippen LogP contribution in [0.4, 0.5) is 20.6 Å². The highest BCUT2D eigenvalue weighted by atomic mass is 19.1. The maximum Gasteiger partial charge on any atom is 0.323 e. The van der Waals surface area contributed by atoms with E-state index in [4.69, 9.17) is 14.2 Å². The van der Waals surface area contributed by atoms with Crippen LogP contribution in [-0.2, 0) is 14.3 Å². The topological polar surface area (TPSA) is 106 Å². The van der Waals surface area contributed by atoms with Crippen LogP contribution in [0, 0.1) is 5.82 Å². The lowest BCUT2D eigenvalue weighted by Gasteiger charge is -2.36. The van der Waals surface area contributed by atoms with Gasteiger partial charge in [0.25, 0.3) is 0 Å². The summed E-state index contributed by atoms with van der Waals surface area (Å²) < 4.78 is 29.6. The van der Waals surface area contributed by atoms with Crippen LogP contribution in [0.2, 0.25) is 0 Å². The van der Waals surface area contributed by atoms with E-state index in [-0.39, 0.29) is 36.8 Å². The normalized spacial score (nSPS) is 23.8. The number of aliphatic hydroxyl groups is 1. The minimum atomic E-state index is -0.570. The Kier molecular flexibility index (Phi) is 6.06. The molecule has 0 bridgehead atoms. The fourth-order valence-corrected chi connectivity index (χ4v) is 4.06. The highest BCUT2D eigenvalue weighted by Gasteiger charge is 2.46. The molecule has 2 aliphatic heterocycles. The maximum absolute atomic E-state index is 13.0. The Balaban J connectivity index is 1.48. The molecule has 4 atom stereocenters. The van der Waals surface area contributed by atoms with Gasteiger partial charge in [0.15, 0.2) is 0 Å². The van der Waals surface area contributed by atoms with Gasteiger partial charge in [0.1, 0.15) is 23.8 Å². The van der Waals surface area contributed by atoms with Crippen LogP contribution in [0.3, 0.4) is 0 Å². The van der Waals surface area contributed by atoms with Crippen molar-refractivity contribution in [2.45, 2.75) is 37.1 Å². The van der Waals surface area contributed by atoms with Crippen molar-refractivity contribution in [3.8, 4) is 5.75 Å². The summed E-state index contributed by atoms with van der Waals surface area (Å²) in [7, 11) is 1.32. The first-order valence-corrected chi connectivity index (χ1v) is 9.94. The lowest BCUT2D eigenvalue weighted by molar-refractivity contribution is -0.156. The average molecular weight is 430 g/mol. The number of hydrogen-bond acceptors (Lipinski definition) is 6. The third kappa shape index (κ3) is 4.62. The van der Waals surface area contributed by atoms with Gasteiger partial charge in [-0.25, -0.2) is 9.18 Å². The maximum atomic E-state index is 13.0. The van der Waals surface area contributed by atoms with E-state index < -0.39 is 18.2 Å². The summed E-state index contributed by atoms with van der Waals surface area (Å²) in [6.45, 7) is -0.238. The van der Waals surface area contributed by atoms with E-state index in [2.05, 4.69) is 10.6 Å². The smallest absolute Gasteiger partial charge is 0.323 e. The monoisotopic (exact) mass is 430 g/mol. The molecule has 1 fully saturated rings.